The van der Waals surface area contributed by atoms with E-state index in [2.05, 4.69) is 5.32 Å². The molecule has 2 rings (SSSR count). The Kier molecular flexibility index (Phi) is 6.32. The maximum Gasteiger partial charge on any atom is 0.276 e. The highest BCUT2D eigenvalue weighted by molar-refractivity contribution is 5.92. The van der Waals surface area contributed by atoms with Crippen LogP contribution in [0.25, 0.3) is 6.08 Å². The van der Waals surface area contributed by atoms with E-state index in [0.717, 1.165) is 5.56 Å². The van der Waals surface area contributed by atoms with Crippen molar-refractivity contribution < 1.29 is 19.2 Å². The highest BCUT2D eigenvalue weighted by Gasteiger charge is 2.15. The van der Waals surface area contributed by atoms with Crippen LogP contribution in [-0.4, -0.2) is 25.1 Å². The minimum Gasteiger partial charge on any atom is -0.497 e. The summed E-state index contributed by atoms with van der Waals surface area (Å²) < 4.78 is 10.5. The number of nitro groups is 1. The normalized spacial score (nSPS) is 11.8. The summed E-state index contributed by atoms with van der Waals surface area (Å²) in [7, 11) is 3.11. The number of carbonyl (C=O) groups is 1. The van der Waals surface area contributed by atoms with Crippen LogP contribution in [0.3, 0.4) is 0 Å². The van der Waals surface area contributed by atoms with E-state index in [4.69, 9.17) is 9.47 Å². The van der Waals surface area contributed by atoms with Crippen LogP contribution in [0.5, 0.6) is 11.5 Å². The number of carbonyl (C=O) groups excluding carboxylic acids is 1. The Bertz CT molecular complexity index is 832. The van der Waals surface area contributed by atoms with Crippen molar-refractivity contribution in [1.82, 2.24) is 5.32 Å². The summed E-state index contributed by atoms with van der Waals surface area (Å²) in [4.78, 5) is 22.7. The predicted octanol–water partition coefficient (Wildman–Crippen LogP) is 3.50. The third-order valence-corrected chi connectivity index (χ3v) is 3.81. The van der Waals surface area contributed by atoms with Crippen LogP contribution in [-0.2, 0) is 4.79 Å². The van der Waals surface area contributed by atoms with Crippen molar-refractivity contribution in [3.05, 3.63) is 69.8 Å². The lowest BCUT2D eigenvalue weighted by Crippen LogP contribution is -2.25. The second-order valence-electron chi connectivity index (χ2n) is 5.49. The van der Waals surface area contributed by atoms with Gasteiger partial charge in [-0.15, -0.1) is 0 Å². The Labute approximate surface area is 151 Å². The third kappa shape index (κ3) is 4.60. The zero-order chi connectivity index (χ0) is 19.1. The van der Waals surface area contributed by atoms with E-state index in [9.17, 15) is 14.9 Å². The van der Waals surface area contributed by atoms with Crippen molar-refractivity contribution >= 4 is 17.7 Å². The van der Waals surface area contributed by atoms with Crippen LogP contribution >= 0.6 is 0 Å². The lowest BCUT2D eigenvalue weighted by atomic mass is 10.1. The molecule has 0 bridgehead atoms. The van der Waals surface area contributed by atoms with Crippen LogP contribution in [0.2, 0.25) is 0 Å². The van der Waals surface area contributed by atoms with Crippen molar-refractivity contribution in [3.63, 3.8) is 0 Å². The molecule has 1 amide bonds. The number of amides is 1. The maximum absolute atomic E-state index is 12.2. The lowest BCUT2D eigenvalue weighted by molar-refractivity contribution is -0.385. The van der Waals surface area contributed by atoms with E-state index in [1.807, 2.05) is 6.92 Å². The summed E-state index contributed by atoms with van der Waals surface area (Å²) in [6, 6.07) is 11.2. The van der Waals surface area contributed by atoms with Crippen molar-refractivity contribution in [2.45, 2.75) is 13.0 Å². The smallest absolute Gasteiger partial charge is 0.276 e. The average Bonchev–Trinajstić information content (AvgIpc) is 2.65. The summed E-state index contributed by atoms with van der Waals surface area (Å²) >= 11 is 0. The highest BCUT2D eigenvalue weighted by Crippen LogP contribution is 2.29. The number of methoxy groups -OCH3 is 2. The molecule has 0 spiro atoms. The molecule has 0 aliphatic heterocycles. The van der Waals surface area contributed by atoms with Gasteiger partial charge in [0.15, 0.2) is 0 Å². The molecule has 0 aromatic heterocycles. The summed E-state index contributed by atoms with van der Waals surface area (Å²) in [5, 5.41) is 13.8. The topological polar surface area (TPSA) is 90.7 Å². The maximum atomic E-state index is 12.2. The van der Waals surface area contributed by atoms with Gasteiger partial charge < -0.3 is 14.8 Å². The summed E-state index contributed by atoms with van der Waals surface area (Å²) in [6.45, 7) is 1.81. The quantitative estimate of drug-likeness (QED) is 0.466. The van der Waals surface area contributed by atoms with Crippen LogP contribution < -0.4 is 14.8 Å². The van der Waals surface area contributed by atoms with E-state index in [1.54, 1.807) is 50.6 Å². The van der Waals surface area contributed by atoms with Crippen molar-refractivity contribution in [1.29, 1.82) is 0 Å². The highest BCUT2D eigenvalue weighted by atomic mass is 16.6. The molecule has 2 aromatic carbocycles. The molecule has 0 aliphatic carbocycles. The van der Waals surface area contributed by atoms with Gasteiger partial charge in [-0.05, 0) is 37.3 Å². The van der Waals surface area contributed by atoms with Gasteiger partial charge in [0.1, 0.15) is 11.5 Å². The number of benzene rings is 2. The molecular weight excluding hydrogens is 336 g/mol. The predicted molar refractivity (Wildman–Crippen MR) is 98.2 cm³/mol. The first-order chi connectivity index (χ1) is 12.5. The average molecular weight is 356 g/mol. The molecule has 26 heavy (non-hydrogen) atoms. The number of ether oxygens (including phenoxy) is 2. The van der Waals surface area contributed by atoms with E-state index < -0.39 is 4.92 Å². The Hall–Kier alpha value is -3.35. The number of nitro benzene ring substituents is 1. The van der Waals surface area contributed by atoms with Gasteiger partial charge in [0.25, 0.3) is 5.69 Å². The van der Waals surface area contributed by atoms with Crippen LogP contribution in [0.15, 0.2) is 48.5 Å². The fourth-order valence-electron chi connectivity index (χ4n) is 2.48. The molecular formula is C19H20N2O5. The van der Waals surface area contributed by atoms with Crippen LogP contribution in [0.4, 0.5) is 5.69 Å². The second-order valence-corrected chi connectivity index (χ2v) is 5.49. The Balaban J connectivity index is 2.14. The van der Waals surface area contributed by atoms with Gasteiger partial charge >= 0.3 is 0 Å². The largest absolute Gasteiger partial charge is 0.497 e. The van der Waals surface area contributed by atoms with Gasteiger partial charge in [-0.2, -0.15) is 0 Å². The van der Waals surface area contributed by atoms with E-state index >= 15 is 0 Å². The number of hydrogen-bond acceptors (Lipinski definition) is 5. The lowest BCUT2D eigenvalue weighted by Gasteiger charge is -2.17. The molecule has 0 radical (unpaired) electrons. The molecule has 0 heterocycles. The van der Waals surface area contributed by atoms with Crippen LogP contribution in [0, 0.1) is 10.1 Å². The summed E-state index contributed by atoms with van der Waals surface area (Å²) in [5.41, 5.74) is 1.07. The van der Waals surface area contributed by atoms with Crippen molar-refractivity contribution in [2.24, 2.45) is 0 Å². The molecule has 7 heteroatoms. The number of nitrogens with zero attached hydrogens (tertiary/aromatic N) is 1. The molecule has 0 aliphatic rings. The minimum absolute atomic E-state index is 0.0564. The standard InChI is InChI=1S/C19H20N2O5/c1-13(16-12-15(25-2)9-10-18(16)26-3)20-19(22)11-8-14-6-4-5-7-17(14)21(23)24/h4-13H,1-3H3,(H,20,22)/b11-8+. The van der Waals surface area contributed by atoms with Gasteiger partial charge in [-0.1, -0.05) is 12.1 Å². The number of para-hydroxylation sites is 1. The second kappa shape index (κ2) is 8.66. The number of rotatable bonds is 7. The van der Waals surface area contributed by atoms with E-state index in [-0.39, 0.29) is 17.6 Å². The third-order valence-electron chi connectivity index (χ3n) is 3.81. The molecule has 0 saturated heterocycles. The first kappa shape index (κ1) is 19.0. The molecule has 0 saturated carbocycles. The molecule has 1 atom stereocenters. The molecule has 0 fully saturated rings. The Morgan fingerprint density at radius 3 is 2.58 bits per heavy atom. The summed E-state index contributed by atoms with van der Waals surface area (Å²) in [5.74, 6) is 0.902. The number of hydrogen-bond donors (Lipinski definition) is 1. The van der Waals surface area contributed by atoms with Gasteiger partial charge in [-0.25, -0.2) is 0 Å². The van der Waals surface area contributed by atoms with E-state index in [0.29, 0.717) is 17.1 Å². The molecule has 136 valence electrons. The molecule has 2 aromatic rings. The van der Waals surface area contributed by atoms with Gasteiger partial charge in [-0.3, -0.25) is 14.9 Å². The Morgan fingerprint density at radius 1 is 1.19 bits per heavy atom. The van der Waals surface area contributed by atoms with Crippen LogP contribution in [0.1, 0.15) is 24.1 Å². The Morgan fingerprint density at radius 2 is 1.92 bits per heavy atom. The molecule has 7 nitrogen and oxygen atoms in total. The zero-order valence-electron chi connectivity index (χ0n) is 14.8. The molecule has 1 N–H and O–H groups in total. The monoisotopic (exact) mass is 356 g/mol. The SMILES string of the molecule is COc1ccc(OC)c(C(C)NC(=O)/C=C/c2ccccc2[N+](=O)[O-])c1. The van der Waals surface area contributed by atoms with E-state index in [1.165, 1.54) is 18.2 Å². The van der Waals surface area contributed by atoms with Gasteiger partial charge in [0.05, 0.1) is 30.7 Å². The fraction of sp³-hybridized carbons (Fsp3) is 0.211. The molecule has 1 unspecified atom stereocenters. The summed E-state index contributed by atoms with van der Waals surface area (Å²) in [6.07, 6.45) is 2.69. The first-order valence-electron chi connectivity index (χ1n) is 7.90. The fourth-order valence-corrected chi connectivity index (χ4v) is 2.48. The number of nitrogens with one attached hydrogen (secondary N) is 1. The van der Waals surface area contributed by atoms with Crippen molar-refractivity contribution in [2.75, 3.05) is 14.2 Å². The zero-order valence-corrected chi connectivity index (χ0v) is 14.8. The van der Waals surface area contributed by atoms with Crippen molar-refractivity contribution in [3.8, 4) is 11.5 Å². The van der Waals surface area contributed by atoms with Gasteiger partial charge in [0, 0.05) is 17.7 Å². The minimum atomic E-state index is -0.485. The first-order valence-corrected chi connectivity index (χ1v) is 7.90. The van der Waals surface area contributed by atoms with Gasteiger partial charge in [0.2, 0.25) is 5.91 Å².